The van der Waals surface area contributed by atoms with Gasteiger partial charge in [-0.3, -0.25) is 24.2 Å². The van der Waals surface area contributed by atoms with Crippen molar-refractivity contribution in [2.45, 2.75) is 4.90 Å². The molecule has 8 heteroatoms. The Hall–Kier alpha value is -5.31. The number of hydrogen-bond donors (Lipinski definition) is 2. The highest BCUT2D eigenvalue weighted by Crippen LogP contribution is 2.42. The van der Waals surface area contributed by atoms with Crippen LogP contribution in [0.3, 0.4) is 0 Å². The van der Waals surface area contributed by atoms with E-state index in [0.29, 0.717) is 22.4 Å². The van der Waals surface area contributed by atoms with E-state index in [0.717, 1.165) is 10.6 Å². The first-order chi connectivity index (χ1) is 20.9. The highest BCUT2D eigenvalue weighted by Gasteiger charge is 2.37. The second-order valence-corrected chi connectivity index (χ2v) is 11.1. The number of anilines is 4. The fraction of sp³-hybridized carbons (Fsp3) is 0.0286. The third-order valence-electron chi connectivity index (χ3n) is 7.86. The van der Waals surface area contributed by atoms with Crippen LogP contribution in [0.15, 0.2) is 108 Å². The smallest absolute Gasteiger partial charge is 0.196 e. The number of hydrogen-bond acceptors (Lipinski definition) is 8. The number of thioether (sulfide) groups is 1. The fourth-order valence-corrected chi connectivity index (χ4v) is 6.24. The maximum Gasteiger partial charge on any atom is 0.196 e. The number of para-hydroxylation sites is 1. The van der Waals surface area contributed by atoms with Gasteiger partial charge in [-0.05, 0) is 54.8 Å². The molecule has 0 saturated heterocycles. The Morgan fingerprint density at radius 3 is 1.88 bits per heavy atom. The van der Waals surface area contributed by atoms with Crippen molar-refractivity contribution in [1.82, 2.24) is 0 Å². The summed E-state index contributed by atoms with van der Waals surface area (Å²) in [5, 5.41) is 4.50. The Balaban J connectivity index is 1.41. The molecule has 0 bridgehead atoms. The molecule has 0 radical (unpaired) electrons. The zero-order chi connectivity index (χ0) is 29.8. The zero-order valence-corrected chi connectivity index (χ0v) is 23.7. The Bertz CT molecular complexity index is 2040. The van der Waals surface area contributed by atoms with Gasteiger partial charge in [-0.25, -0.2) is 5.84 Å². The number of nitrogens with zero attached hydrogens (tertiary/aromatic N) is 1. The third-order valence-corrected chi connectivity index (χ3v) is 8.58. The predicted octanol–water partition coefficient (Wildman–Crippen LogP) is 6.71. The van der Waals surface area contributed by atoms with E-state index in [-0.39, 0.29) is 62.3 Å². The first-order valence-corrected chi connectivity index (χ1v) is 14.7. The van der Waals surface area contributed by atoms with Crippen LogP contribution in [-0.2, 0) is 0 Å². The number of hydrazine groups is 1. The second kappa shape index (κ2) is 10.2. The van der Waals surface area contributed by atoms with Crippen LogP contribution in [0.1, 0.15) is 63.7 Å². The number of nitrogens with one attached hydrogen (secondary N) is 1. The van der Waals surface area contributed by atoms with E-state index in [4.69, 9.17) is 5.84 Å². The summed E-state index contributed by atoms with van der Waals surface area (Å²) in [5.74, 6) is 5.45. The van der Waals surface area contributed by atoms with Crippen molar-refractivity contribution in [3.05, 3.63) is 148 Å². The van der Waals surface area contributed by atoms with Crippen molar-refractivity contribution < 1.29 is 19.2 Å². The molecule has 7 nitrogen and oxygen atoms in total. The predicted molar refractivity (Wildman–Crippen MR) is 167 cm³/mol. The minimum Gasteiger partial charge on any atom is -0.355 e. The maximum absolute atomic E-state index is 14.1. The Labute approximate surface area is 251 Å². The van der Waals surface area contributed by atoms with Gasteiger partial charge in [0.15, 0.2) is 23.1 Å². The van der Waals surface area contributed by atoms with Gasteiger partial charge in [0.1, 0.15) is 0 Å². The van der Waals surface area contributed by atoms with Gasteiger partial charge in [0.2, 0.25) is 0 Å². The Morgan fingerprint density at radius 2 is 1.16 bits per heavy atom. The number of rotatable bonds is 5. The third kappa shape index (κ3) is 4.11. The minimum absolute atomic E-state index is 0.115. The van der Waals surface area contributed by atoms with E-state index in [1.165, 1.54) is 16.8 Å². The lowest BCUT2D eigenvalue weighted by molar-refractivity contribution is 0.0979. The molecule has 0 spiro atoms. The lowest BCUT2D eigenvalue weighted by Crippen LogP contribution is -2.33. The summed E-state index contributed by atoms with van der Waals surface area (Å²) >= 11 is 1.49. The van der Waals surface area contributed by atoms with E-state index in [2.05, 4.69) is 5.32 Å². The lowest BCUT2D eigenvalue weighted by Gasteiger charge is -2.30. The van der Waals surface area contributed by atoms with Gasteiger partial charge in [-0.2, -0.15) is 0 Å². The van der Waals surface area contributed by atoms with Crippen molar-refractivity contribution in [3.8, 4) is 0 Å². The number of fused-ring (bicyclic) bond motifs is 4. The largest absolute Gasteiger partial charge is 0.355 e. The summed E-state index contributed by atoms with van der Waals surface area (Å²) in [7, 11) is 0. The summed E-state index contributed by atoms with van der Waals surface area (Å²) in [6.07, 6.45) is 1.90. The van der Waals surface area contributed by atoms with Gasteiger partial charge in [0.25, 0.3) is 0 Å². The molecule has 208 valence electrons. The van der Waals surface area contributed by atoms with Crippen molar-refractivity contribution in [3.63, 3.8) is 0 Å². The number of benzene rings is 5. The van der Waals surface area contributed by atoms with Crippen molar-refractivity contribution in [2.24, 2.45) is 5.84 Å². The average molecular weight is 582 g/mol. The summed E-state index contributed by atoms with van der Waals surface area (Å²) in [6.45, 7) is 0. The van der Waals surface area contributed by atoms with Crippen LogP contribution >= 0.6 is 11.8 Å². The fourth-order valence-electron chi connectivity index (χ4n) is 5.80. The second-order valence-electron chi connectivity index (χ2n) is 10.2. The summed E-state index contributed by atoms with van der Waals surface area (Å²) in [4.78, 5) is 56.3. The van der Waals surface area contributed by atoms with Crippen LogP contribution in [0.25, 0.3) is 0 Å². The van der Waals surface area contributed by atoms with E-state index in [1.807, 2.05) is 36.6 Å². The van der Waals surface area contributed by atoms with Crippen LogP contribution < -0.4 is 16.2 Å². The average Bonchev–Trinajstić information content (AvgIpc) is 3.05. The quantitative estimate of drug-likeness (QED) is 0.131. The molecule has 43 heavy (non-hydrogen) atoms. The molecule has 0 amide bonds. The number of ketones is 4. The number of carbonyl (C=O) groups excluding carboxylic acids is 4. The van der Waals surface area contributed by atoms with Crippen molar-refractivity contribution in [2.75, 3.05) is 16.6 Å². The van der Waals surface area contributed by atoms with Gasteiger partial charge in [-0.15, -0.1) is 11.8 Å². The van der Waals surface area contributed by atoms with E-state index < -0.39 is 0 Å². The van der Waals surface area contributed by atoms with Gasteiger partial charge in [0, 0.05) is 38.4 Å². The molecule has 0 atom stereocenters. The molecule has 3 N–H and O–H groups in total. The maximum atomic E-state index is 14.1. The monoisotopic (exact) mass is 581 g/mol. The van der Waals surface area contributed by atoms with Crippen LogP contribution in [-0.4, -0.2) is 29.4 Å². The first-order valence-electron chi connectivity index (χ1n) is 13.5. The molecular weight excluding hydrogens is 558 g/mol. The van der Waals surface area contributed by atoms with Gasteiger partial charge >= 0.3 is 0 Å². The Morgan fingerprint density at radius 1 is 0.558 bits per heavy atom. The van der Waals surface area contributed by atoms with Crippen molar-refractivity contribution in [1.29, 1.82) is 0 Å². The molecule has 0 heterocycles. The SMILES string of the molecule is CSc1ccc2c(c1)C(=O)c1cccc(N(N)c3ccc(Nc4ccccc4)c4c3C(=O)c3ccccc3C4=O)c1C2=O. The summed E-state index contributed by atoms with van der Waals surface area (Å²) in [5.41, 5.74) is 3.56. The lowest BCUT2D eigenvalue weighted by atomic mass is 9.81. The molecule has 5 aromatic rings. The van der Waals surface area contributed by atoms with Crippen molar-refractivity contribution >= 4 is 57.6 Å². The van der Waals surface area contributed by atoms with Crippen LogP contribution in [0.5, 0.6) is 0 Å². The minimum atomic E-state index is -0.366. The van der Waals surface area contributed by atoms with Gasteiger partial charge in [-0.1, -0.05) is 54.6 Å². The Kier molecular flexibility index (Phi) is 6.30. The summed E-state index contributed by atoms with van der Waals surface area (Å²) < 4.78 is 0. The molecule has 0 saturated carbocycles. The van der Waals surface area contributed by atoms with Gasteiger partial charge in [0.05, 0.1) is 33.8 Å². The van der Waals surface area contributed by atoms with E-state index in [1.54, 1.807) is 72.8 Å². The van der Waals surface area contributed by atoms with Crippen LogP contribution in [0, 0.1) is 0 Å². The normalized spacial score (nSPS) is 13.2. The molecule has 5 aromatic carbocycles. The van der Waals surface area contributed by atoms with E-state index in [9.17, 15) is 19.2 Å². The molecule has 0 aromatic heterocycles. The van der Waals surface area contributed by atoms with Gasteiger partial charge < -0.3 is 5.32 Å². The summed E-state index contributed by atoms with van der Waals surface area (Å²) in [6, 6.07) is 29.4. The molecule has 2 aliphatic carbocycles. The molecule has 7 rings (SSSR count). The number of carbonyl (C=O) groups is 4. The molecule has 0 aliphatic heterocycles. The molecule has 2 aliphatic rings. The van der Waals surface area contributed by atoms with Crippen LogP contribution in [0.2, 0.25) is 0 Å². The highest BCUT2D eigenvalue weighted by molar-refractivity contribution is 7.98. The first kappa shape index (κ1) is 26.6. The van der Waals surface area contributed by atoms with Crippen LogP contribution in [0.4, 0.5) is 22.7 Å². The standard InChI is InChI=1S/C35H23N3O4S/c1-43-20-14-15-23-25(18-20)32(39)24-12-7-13-27(29(24)33(23)40)38(36)28-17-16-26(37-19-8-3-2-4-9-19)30-31(28)35(42)22-11-6-5-10-21(22)34(30)41/h2-18,37H,36H2,1H3. The topological polar surface area (TPSA) is 110 Å². The number of nitrogens with two attached hydrogens (primary N) is 1. The van der Waals surface area contributed by atoms with E-state index >= 15 is 0 Å². The molecule has 0 fully saturated rings. The highest BCUT2D eigenvalue weighted by atomic mass is 32.2. The zero-order valence-electron chi connectivity index (χ0n) is 22.9. The molecule has 0 unspecified atom stereocenters. The molecular formula is C35H23N3O4S.